The quantitative estimate of drug-likeness (QED) is 0.637. The van der Waals surface area contributed by atoms with Gasteiger partial charge in [-0.15, -0.1) is 0 Å². The normalized spacial score (nSPS) is 18.9. The van der Waals surface area contributed by atoms with E-state index in [9.17, 15) is 0 Å². The fourth-order valence-corrected chi connectivity index (χ4v) is 3.90. The molecule has 6 nitrogen and oxygen atoms in total. The molecule has 0 bridgehead atoms. The molecule has 0 atom stereocenters. The highest BCUT2D eigenvalue weighted by Crippen LogP contribution is 2.39. The molecule has 6 heteroatoms. The number of nitrogens with one attached hydrogen (secondary N) is 2. The molecule has 29 heavy (non-hydrogen) atoms. The standard InChI is InChI=1S/C23H32N2O4/c1-18-5-8-20(9-6-18)29-16-15-24-11-13-25(14-12-24)17-19-7-10-21(26-2)23(28-4)22(19)27-3/h5-10H,11-17H2,1-4H3/p+2. The molecular weight excluding hydrogens is 368 g/mol. The van der Waals surface area contributed by atoms with Crippen molar-refractivity contribution in [3.63, 3.8) is 0 Å². The minimum Gasteiger partial charge on any atom is -0.493 e. The molecule has 0 amide bonds. The Morgan fingerprint density at radius 1 is 0.759 bits per heavy atom. The Bertz CT molecular complexity index is 771. The van der Waals surface area contributed by atoms with Crippen LogP contribution in [0.5, 0.6) is 23.0 Å². The summed E-state index contributed by atoms with van der Waals surface area (Å²) in [7, 11) is 4.98. The van der Waals surface area contributed by atoms with Crippen LogP contribution in [0.1, 0.15) is 11.1 Å². The first-order valence-electron chi connectivity index (χ1n) is 10.3. The van der Waals surface area contributed by atoms with E-state index in [0.29, 0.717) is 11.5 Å². The molecule has 1 aliphatic heterocycles. The van der Waals surface area contributed by atoms with Gasteiger partial charge >= 0.3 is 0 Å². The number of hydrogen-bond donors (Lipinski definition) is 2. The Kier molecular flexibility index (Phi) is 7.61. The molecule has 0 radical (unpaired) electrons. The molecule has 2 N–H and O–H groups in total. The third-order valence-corrected chi connectivity index (χ3v) is 5.64. The number of ether oxygens (including phenoxy) is 4. The maximum atomic E-state index is 5.89. The topological polar surface area (TPSA) is 45.8 Å². The molecule has 0 aliphatic carbocycles. The number of hydrogen-bond acceptors (Lipinski definition) is 4. The lowest BCUT2D eigenvalue weighted by molar-refractivity contribution is -1.02. The molecular formula is C23H34N2O4+2. The molecule has 1 fully saturated rings. The van der Waals surface area contributed by atoms with Crippen LogP contribution < -0.4 is 28.7 Å². The van der Waals surface area contributed by atoms with Gasteiger partial charge in [0.05, 0.1) is 26.9 Å². The first-order chi connectivity index (χ1) is 14.1. The second-order valence-electron chi connectivity index (χ2n) is 7.58. The third-order valence-electron chi connectivity index (χ3n) is 5.64. The van der Waals surface area contributed by atoms with Crippen LogP contribution in [0.3, 0.4) is 0 Å². The van der Waals surface area contributed by atoms with Crippen LogP contribution in [-0.4, -0.2) is 60.7 Å². The van der Waals surface area contributed by atoms with Crippen LogP contribution in [0.2, 0.25) is 0 Å². The summed E-state index contributed by atoms with van der Waals surface area (Å²) in [5.41, 5.74) is 2.42. The number of quaternary nitrogens is 2. The average molecular weight is 403 g/mol. The second kappa shape index (κ2) is 10.4. The highest BCUT2D eigenvalue weighted by Gasteiger charge is 2.25. The zero-order valence-electron chi connectivity index (χ0n) is 18.0. The van der Waals surface area contributed by atoms with Crippen LogP contribution in [0.15, 0.2) is 36.4 Å². The molecule has 0 saturated carbocycles. The number of aryl methyl sites for hydroxylation is 1. The van der Waals surface area contributed by atoms with Gasteiger partial charge in [-0.3, -0.25) is 0 Å². The van der Waals surface area contributed by atoms with Gasteiger partial charge in [-0.25, -0.2) is 0 Å². The Morgan fingerprint density at radius 2 is 1.41 bits per heavy atom. The van der Waals surface area contributed by atoms with Gasteiger partial charge in [-0.05, 0) is 31.2 Å². The van der Waals surface area contributed by atoms with Crippen LogP contribution >= 0.6 is 0 Å². The van der Waals surface area contributed by atoms with Crippen molar-refractivity contribution in [2.75, 3.05) is 60.7 Å². The van der Waals surface area contributed by atoms with E-state index >= 15 is 0 Å². The fourth-order valence-electron chi connectivity index (χ4n) is 3.90. The summed E-state index contributed by atoms with van der Waals surface area (Å²) in [5.74, 6) is 3.11. The van der Waals surface area contributed by atoms with Crippen molar-refractivity contribution in [2.45, 2.75) is 13.5 Å². The summed E-state index contributed by atoms with van der Waals surface area (Å²) >= 11 is 0. The highest BCUT2D eigenvalue weighted by molar-refractivity contribution is 5.55. The second-order valence-corrected chi connectivity index (χ2v) is 7.58. The Hall–Kier alpha value is -2.44. The van der Waals surface area contributed by atoms with Gasteiger partial charge in [0, 0.05) is 0 Å². The summed E-state index contributed by atoms with van der Waals surface area (Å²) in [6.07, 6.45) is 0. The van der Waals surface area contributed by atoms with Gasteiger partial charge < -0.3 is 28.7 Å². The van der Waals surface area contributed by atoms with Crippen LogP contribution in [0.25, 0.3) is 0 Å². The predicted molar refractivity (Wildman–Crippen MR) is 113 cm³/mol. The summed E-state index contributed by atoms with van der Waals surface area (Å²) in [6, 6.07) is 12.3. The lowest BCUT2D eigenvalue weighted by atomic mass is 10.1. The maximum Gasteiger partial charge on any atom is 0.203 e. The number of rotatable bonds is 9. The largest absolute Gasteiger partial charge is 0.493 e. The van der Waals surface area contributed by atoms with Crippen LogP contribution in [0, 0.1) is 6.92 Å². The monoisotopic (exact) mass is 402 g/mol. The summed E-state index contributed by atoms with van der Waals surface area (Å²) in [5, 5.41) is 0. The van der Waals surface area contributed by atoms with Crippen molar-refractivity contribution < 1.29 is 28.7 Å². The van der Waals surface area contributed by atoms with Crippen molar-refractivity contribution >= 4 is 0 Å². The van der Waals surface area contributed by atoms with Gasteiger partial charge in [0.15, 0.2) is 11.5 Å². The van der Waals surface area contributed by atoms with E-state index in [-0.39, 0.29) is 0 Å². The minimum atomic E-state index is 0.671. The van der Waals surface area contributed by atoms with Crippen LogP contribution in [-0.2, 0) is 6.54 Å². The van der Waals surface area contributed by atoms with Crippen molar-refractivity contribution in [3.8, 4) is 23.0 Å². The number of benzene rings is 2. The predicted octanol–water partition coefficient (Wildman–Crippen LogP) is 0.383. The maximum absolute atomic E-state index is 5.89. The molecule has 0 aromatic heterocycles. The Labute approximate surface area is 173 Å². The van der Waals surface area contributed by atoms with Gasteiger partial charge in [-0.1, -0.05) is 17.7 Å². The van der Waals surface area contributed by atoms with Gasteiger partial charge in [0.1, 0.15) is 51.6 Å². The van der Waals surface area contributed by atoms with Crippen molar-refractivity contribution in [3.05, 3.63) is 47.5 Å². The molecule has 2 aromatic rings. The van der Waals surface area contributed by atoms with E-state index in [1.54, 1.807) is 31.1 Å². The van der Waals surface area contributed by atoms with E-state index in [0.717, 1.165) is 62.9 Å². The lowest BCUT2D eigenvalue weighted by Gasteiger charge is -2.30. The van der Waals surface area contributed by atoms with E-state index in [1.807, 2.05) is 18.2 Å². The SMILES string of the molecule is COc1ccc(C[NH+]2CC[NH+](CCOc3ccc(C)cc3)CC2)c(OC)c1OC. The Morgan fingerprint density at radius 3 is 2.03 bits per heavy atom. The smallest absolute Gasteiger partial charge is 0.203 e. The molecule has 1 saturated heterocycles. The zero-order valence-corrected chi connectivity index (χ0v) is 18.0. The molecule has 3 rings (SSSR count). The Balaban J connectivity index is 1.48. The third kappa shape index (κ3) is 5.55. The molecule has 0 spiro atoms. The number of piperazine rings is 1. The molecule has 158 valence electrons. The lowest BCUT2D eigenvalue weighted by Crippen LogP contribution is -3.27. The summed E-state index contributed by atoms with van der Waals surface area (Å²) in [4.78, 5) is 3.18. The first-order valence-corrected chi connectivity index (χ1v) is 10.3. The highest BCUT2D eigenvalue weighted by atomic mass is 16.5. The van der Waals surface area contributed by atoms with E-state index in [1.165, 1.54) is 5.56 Å². The first kappa shape index (κ1) is 21.3. The molecule has 1 aliphatic rings. The average Bonchev–Trinajstić information content (AvgIpc) is 2.75. The van der Waals surface area contributed by atoms with E-state index in [2.05, 4.69) is 25.1 Å². The summed E-state index contributed by atoms with van der Waals surface area (Å²) in [6.45, 7) is 9.40. The van der Waals surface area contributed by atoms with Crippen molar-refractivity contribution in [1.29, 1.82) is 0 Å². The van der Waals surface area contributed by atoms with Gasteiger partial charge in [0.25, 0.3) is 0 Å². The van der Waals surface area contributed by atoms with E-state index < -0.39 is 0 Å². The van der Waals surface area contributed by atoms with Gasteiger partial charge in [-0.2, -0.15) is 0 Å². The fraction of sp³-hybridized carbons (Fsp3) is 0.478. The number of methoxy groups -OCH3 is 3. The molecule has 2 aromatic carbocycles. The van der Waals surface area contributed by atoms with Crippen molar-refractivity contribution in [1.82, 2.24) is 0 Å². The van der Waals surface area contributed by atoms with E-state index in [4.69, 9.17) is 18.9 Å². The van der Waals surface area contributed by atoms with Crippen LogP contribution in [0.4, 0.5) is 0 Å². The minimum absolute atomic E-state index is 0.671. The molecule has 0 unspecified atom stereocenters. The van der Waals surface area contributed by atoms with Gasteiger partial charge in [0.2, 0.25) is 5.75 Å². The van der Waals surface area contributed by atoms with Crippen molar-refractivity contribution in [2.24, 2.45) is 0 Å². The molecule has 1 heterocycles. The summed E-state index contributed by atoms with van der Waals surface area (Å²) < 4.78 is 22.4. The zero-order chi connectivity index (χ0) is 20.6.